The first-order valence-corrected chi connectivity index (χ1v) is 9.36. The predicted octanol–water partition coefficient (Wildman–Crippen LogP) is 3.33. The summed E-state index contributed by atoms with van der Waals surface area (Å²) >= 11 is 12.6. The Morgan fingerprint density at radius 3 is 3.00 bits per heavy atom. The molecule has 0 saturated carbocycles. The van der Waals surface area contributed by atoms with Crippen molar-refractivity contribution >= 4 is 35.2 Å². The molecule has 2 N–H and O–H groups in total. The van der Waals surface area contributed by atoms with Crippen molar-refractivity contribution < 1.29 is 14.3 Å². The first-order valence-electron chi connectivity index (χ1n) is 8.60. The number of rotatable bonds is 5. The van der Waals surface area contributed by atoms with E-state index in [4.69, 9.17) is 23.2 Å². The zero-order valence-corrected chi connectivity index (χ0v) is 16.3. The molecule has 0 aliphatic carbocycles. The lowest BCUT2D eigenvalue weighted by Gasteiger charge is -2.35. The van der Waals surface area contributed by atoms with E-state index in [-0.39, 0.29) is 18.4 Å². The number of halogens is 2. The summed E-state index contributed by atoms with van der Waals surface area (Å²) in [6, 6.07) is 4.68. The Morgan fingerprint density at radius 2 is 2.22 bits per heavy atom. The van der Waals surface area contributed by atoms with Crippen LogP contribution in [-0.4, -0.2) is 47.1 Å². The lowest BCUT2D eigenvalue weighted by Crippen LogP contribution is -2.46. The minimum Gasteiger partial charge on any atom is -0.469 e. The quantitative estimate of drug-likeness (QED) is 0.584. The van der Waals surface area contributed by atoms with Gasteiger partial charge < -0.3 is 19.9 Å². The molecule has 0 unspecified atom stereocenters. The third-order valence-electron chi connectivity index (χ3n) is 4.52. The van der Waals surface area contributed by atoms with Crippen molar-refractivity contribution in [2.45, 2.75) is 25.3 Å². The Labute approximate surface area is 167 Å². The van der Waals surface area contributed by atoms with Crippen LogP contribution in [0.15, 0.2) is 24.5 Å². The average molecular weight is 411 g/mol. The fourth-order valence-corrected chi connectivity index (χ4v) is 3.58. The number of amides is 2. The number of fused-ring (bicyclic) bond motifs is 1. The minimum absolute atomic E-state index is 0.241. The van der Waals surface area contributed by atoms with E-state index in [1.54, 1.807) is 23.4 Å². The summed E-state index contributed by atoms with van der Waals surface area (Å²) in [4.78, 5) is 33.2. The summed E-state index contributed by atoms with van der Waals surface area (Å²) in [7, 11) is 1.34. The zero-order chi connectivity index (χ0) is 19.4. The summed E-state index contributed by atoms with van der Waals surface area (Å²) in [5, 5.41) is 3.69. The molecule has 1 aliphatic rings. The number of imidazole rings is 1. The largest absolute Gasteiger partial charge is 0.469 e. The van der Waals surface area contributed by atoms with E-state index in [1.165, 1.54) is 7.11 Å². The van der Waals surface area contributed by atoms with Gasteiger partial charge in [0.1, 0.15) is 6.04 Å². The summed E-state index contributed by atoms with van der Waals surface area (Å²) in [5.74, 6) is -0.299. The van der Waals surface area contributed by atoms with Crippen molar-refractivity contribution in [2.24, 2.45) is 0 Å². The normalized spacial score (nSPS) is 16.0. The first-order chi connectivity index (χ1) is 13.0. The number of carbonyl (C=O) groups excluding carboxylic acids is 2. The molecule has 0 fully saturated rings. The molecule has 1 aromatic heterocycles. The van der Waals surface area contributed by atoms with Crippen LogP contribution in [0.4, 0.5) is 4.79 Å². The van der Waals surface area contributed by atoms with Crippen molar-refractivity contribution in [3.8, 4) is 0 Å². The molecule has 1 aromatic carbocycles. The van der Waals surface area contributed by atoms with Crippen molar-refractivity contribution in [1.29, 1.82) is 0 Å². The highest BCUT2D eigenvalue weighted by Gasteiger charge is 2.35. The molecule has 9 heteroatoms. The maximum atomic E-state index is 12.8. The molecule has 2 aromatic rings. The second-order valence-electron chi connectivity index (χ2n) is 6.17. The van der Waals surface area contributed by atoms with E-state index in [0.717, 1.165) is 17.0 Å². The van der Waals surface area contributed by atoms with Gasteiger partial charge in [-0.25, -0.2) is 9.78 Å². The number of H-pyrrole nitrogens is 1. The predicted molar refractivity (Wildman–Crippen MR) is 102 cm³/mol. The number of methoxy groups -OCH3 is 1. The van der Waals surface area contributed by atoms with E-state index in [1.807, 2.05) is 6.07 Å². The Balaban J connectivity index is 1.80. The van der Waals surface area contributed by atoms with E-state index >= 15 is 0 Å². The second kappa shape index (κ2) is 8.63. The summed E-state index contributed by atoms with van der Waals surface area (Å²) in [6.07, 6.45) is 3.04. The molecule has 2 amide bonds. The maximum Gasteiger partial charge on any atom is 0.318 e. The van der Waals surface area contributed by atoms with E-state index in [0.29, 0.717) is 36.0 Å². The number of hydrogen-bond acceptors (Lipinski definition) is 4. The van der Waals surface area contributed by atoms with Gasteiger partial charge in [0.15, 0.2) is 0 Å². The number of hydrogen-bond donors (Lipinski definition) is 2. The van der Waals surface area contributed by atoms with Crippen molar-refractivity contribution in [2.75, 3.05) is 20.2 Å². The molecule has 1 atom stereocenters. The molecular weight excluding hydrogens is 391 g/mol. The van der Waals surface area contributed by atoms with Crippen LogP contribution in [0.1, 0.15) is 35.8 Å². The number of aromatic nitrogens is 2. The molecule has 7 nitrogen and oxygen atoms in total. The molecule has 0 saturated heterocycles. The van der Waals surface area contributed by atoms with E-state index in [2.05, 4.69) is 20.0 Å². The molecule has 1 aliphatic heterocycles. The average Bonchev–Trinajstić information content (AvgIpc) is 3.15. The van der Waals surface area contributed by atoms with Crippen molar-refractivity contribution in [3.63, 3.8) is 0 Å². The van der Waals surface area contributed by atoms with Gasteiger partial charge in [-0.15, -0.1) is 0 Å². The van der Waals surface area contributed by atoms with Crippen LogP contribution in [0.25, 0.3) is 0 Å². The Bertz CT molecular complexity index is 840. The van der Waals surface area contributed by atoms with Crippen LogP contribution < -0.4 is 5.32 Å². The zero-order valence-electron chi connectivity index (χ0n) is 14.8. The third-order valence-corrected chi connectivity index (χ3v) is 5.36. The topological polar surface area (TPSA) is 87.3 Å². The van der Waals surface area contributed by atoms with Gasteiger partial charge in [0, 0.05) is 37.2 Å². The lowest BCUT2D eigenvalue weighted by atomic mass is 9.96. The number of nitrogens with zero attached hydrogens (tertiary/aromatic N) is 2. The van der Waals surface area contributed by atoms with Gasteiger partial charge in [-0.2, -0.15) is 0 Å². The SMILES string of the molecule is COC(=O)CCCNC(=O)N1CCc2[nH]cnc2[C@H]1c1cccc(Cl)c1Cl. The van der Waals surface area contributed by atoms with Crippen LogP contribution in [0.3, 0.4) is 0 Å². The van der Waals surface area contributed by atoms with Crippen LogP contribution in [0.5, 0.6) is 0 Å². The highest BCUT2D eigenvalue weighted by Crippen LogP contribution is 2.39. The monoisotopic (exact) mass is 410 g/mol. The first kappa shape index (κ1) is 19.5. The number of benzene rings is 1. The van der Waals surface area contributed by atoms with Gasteiger partial charge in [0.2, 0.25) is 0 Å². The molecule has 0 spiro atoms. The number of nitrogens with one attached hydrogen (secondary N) is 2. The molecule has 0 bridgehead atoms. The van der Waals surface area contributed by atoms with Crippen molar-refractivity contribution in [3.05, 3.63) is 51.5 Å². The van der Waals surface area contributed by atoms with Crippen LogP contribution in [-0.2, 0) is 16.0 Å². The highest BCUT2D eigenvalue weighted by molar-refractivity contribution is 6.42. The molecule has 144 valence electrons. The number of carbonyl (C=O) groups is 2. The number of ether oxygens (including phenoxy) is 1. The Kier molecular flexibility index (Phi) is 6.23. The van der Waals surface area contributed by atoms with Crippen LogP contribution in [0.2, 0.25) is 10.0 Å². The molecule has 3 rings (SSSR count). The molecule has 0 radical (unpaired) electrons. The maximum absolute atomic E-state index is 12.8. The molecule has 2 heterocycles. The van der Waals surface area contributed by atoms with E-state index < -0.39 is 6.04 Å². The summed E-state index contributed by atoms with van der Waals surface area (Å²) in [5.41, 5.74) is 2.46. The summed E-state index contributed by atoms with van der Waals surface area (Å²) < 4.78 is 4.60. The van der Waals surface area contributed by atoms with Gasteiger partial charge >= 0.3 is 12.0 Å². The van der Waals surface area contributed by atoms with Crippen LogP contribution in [0, 0.1) is 0 Å². The van der Waals surface area contributed by atoms with Crippen LogP contribution >= 0.6 is 23.2 Å². The van der Waals surface area contributed by atoms with Gasteiger partial charge in [0.05, 0.1) is 29.2 Å². The fourth-order valence-electron chi connectivity index (χ4n) is 3.17. The minimum atomic E-state index is -0.438. The highest BCUT2D eigenvalue weighted by atomic mass is 35.5. The number of aromatic amines is 1. The van der Waals surface area contributed by atoms with Gasteiger partial charge in [0.25, 0.3) is 0 Å². The Morgan fingerprint density at radius 1 is 1.41 bits per heavy atom. The Hall–Kier alpha value is -2.25. The molecular formula is C18H20Cl2N4O3. The standard InChI is InChI=1S/C18H20Cl2N4O3/c1-27-14(25)6-3-8-21-18(26)24-9-7-13-16(23-10-22-13)17(24)11-4-2-5-12(19)15(11)20/h2,4-5,10,17H,3,6-9H2,1H3,(H,21,26)(H,22,23)/t17-/m1/s1. The summed E-state index contributed by atoms with van der Waals surface area (Å²) in [6.45, 7) is 0.874. The second-order valence-corrected chi connectivity index (χ2v) is 6.95. The number of esters is 1. The van der Waals surface area contributed by atoms with Gasteiger partial charge in [-0.1, -0.05) is 35.3 Å². The van der Waals surface area contributed by atoms with Crippen molar-refractivity contribution in [1.82, 2.24) is 20.2 Å². The molecule has 27 heavy (non-hydrogen) atoms. The van der Waals surface area contributed by atoms with Gasteiger partial charge in [-0.05, 0) is 12.5 Å². The van der Waals surface area contributed by atoms with E-state index in [9.17, 15) is 9.59 Å². The number of urea groups is 1. The smallest absolute Gasteiger partial charge is 0.318 e. The van der Waals surface area contributed by atoms with Gasteiger partial charge in [-0.3, -0.25) is 4.79 Å². The lowest BCUT2D eigenvalue weighted by molar-refractivity contribution is -0.140. The third kappa shape index (κ3) is 4.20. The fraction of sp³-hybridized carbons (Fsp3) is 0.389.